The summed E-state index contributed by atoms with van der Waals surface area (Å²) < 4.78 is 44.9. The van der Waals surface area contributed by atoms with Gasteiger partial charge in [-0.15, -0.1) is 0 Å². The third kappa shape index (κ3) is 5.32. The van der Waals surface area contributed by atoms with Gasteiger partial charge in [-0.25, -0.2) is 17.6 Å². The Morgan fingerprint density at radius 3 is 2.31 bits per heavy atom. The minimum absolute atomic E-state index is 0.0782. The Balaban J connectivity index is 2.42. The van der Waals surface area contributed by atoms with Gasteiger partial charge in [0, 0.05) is 0 Å². The summed E-state index contributed by atoms with van der Waals surface area (Å²) in [6.45, 7) is 3.43. The molecular formula is C20H23FN2O5S. The Bertz CT molecular complexity index is 994. The highest BCUT2D eigenvalue weighted by molar-refractivity contribution is 7.92. The summed E-state index contributed by atoms with van der Waals surface area (Å²) in [5, 5.41) is 2.57. The molecule has 2 aromatic carbocycles. The lowest BCUT2D eigenvalue weighted by molar-refractivity contribution is -0.117. The monoisotopic (exact) mass is 422 g/mol. The number of hydrogen-bond donors (Lipinski definition) is 1. The largest absolute Gasteiger partial charge is 0.462 e. The second-order valence-electron chi connectivity index (χ2n) is 6.19. The lowest BCUT2D eigenvalue weighted by Crippen LogP contribution is -2.47. The van der Waals surface area contributed by atoms with E-state index in [1.54, 1.807) is 26.0 Å². The van der Waals surface area contributed by atoms with E-state index in [4.69, 9.17) is 4.74 Å². The number of esters is 1. The summed E-state index contributed by atoms with van der Waals surface area (Å²) in [6, 6.07) is 10.3. The number of carbonyl (C=O) groups excluding carboxylic acids is 2. The molecule has 0 saturated heterocycles. The Morgan fingerprint density at radius 2 is 1.72 bits per heavy atom. The predicted octanol–water partition coefficient (Wildman–Crippen LogP) is 3.19. The Labute approximate surface area is 169 Å². The summed E-state index contributed by atoms with van der Waals surface area (Å²) >= 11 is 0. The molecule has 7 nitrogen and oxygen atoms in total. The van der Waals surface area contributed by atoms with Gasteiger partial charge >= 0.3 is 5.97 Å². The van der Waals surface area contributed by atoms with Crippen LogP contribution in [0.4, 0.5) is 15.8 Å². The number of nitrogens with one attached hydrogen (secondary N) is 1. The van der Waals surface area contributed by atoms with Gasteiger partial charge in [-0.05, 0) is 37.6 Å². The summed E-state index contributed by atoms with van der Waals surface area (Å²) in [6.07, 6.45) is 0.983. The van der Waals surface area contributed by atoms with Crippen LogP contribution >= 0.6 is 0 Å². The number of nitrogens with zero attached hydrogens (tertiary/aromatic N) is 1. The van der Waals surface area contributed by atoms with Gasteiger partial charge in [-0.2, -0.15) is 0 Å². The molecule has 29 heavy (non-hydrogen) atoms. The van der Waals surface area contributed by atoms with Crippen molar-refractivity contribution in [3.05, 3.63) is 59.9 Å². The van der Waals surface area contributed by atoms with Crippen LogP contribution in [0.5, 0.6) is 0 Å². The van der Waals surface area contributed by atoms with Gasteiger partial charge in [0.05, 0.1) is 29.8 Å². The highest BCUT2D eigenvalue weighted by Crippen LogP contribution is 2.26. The Hall–Kier alpha value is -2.94. The molecule has 1 atom stereocenters. The van der Waals surface area contributed by atoms with Crippen LogP contribution < -0.4 is 9.62 Å². The van der Waals surface area contributed by atoms with E-state index in [1.165, 1.54) is 30.3 Å². The maximum atomic E-state index is 14.3. The van der Waals surface area contributed by atoms with Crippen molar-refractivity contribution in [3.8, 4) is 0 Å². The summed E-state index contributed by atoms with van der Waals surface area (Å²) in [5.41, 5.74) is 0.0846. The lowest BCUT2D eigenvalue weighted by atomic mass is 10.1. The first-order chi connectivity index (χ1) is 13.7. The number of carbonyl (C=O) groups is 2. The normalized spacial score (nSPS) is 12.1. The standard InChI is InChI=1S/C20H23FN2O5S/c1-4-17(23(29(3,26)27)18-13-9-7-11-15(18)21)19(24)22-16-12-8-6-10-14(16)20(25)28-5-2/h6-13,17H,4-5H2,1-3H3,(H,22,24). The maximum absolute atomic E-state index is 14.3. The predicted molar refractivity (Wildman–Crippen MR) is 109 cm³/mol. The smallest absolute Gasteiger partial charge is 0.340 e. The zero-order valence-corrected chi connectivity index (χ0v) is 17.2. The van der Waals surface area contributed by atoms with E-state index >= 15 is 0 Å². The van der Waals surface area contributed by atoms with E-state index in [0.29, 0.717) is 0 Å². The van der Waals surface area contributed by atoms with Crippen LogP contribution in [0.3, 0.4) is 0 Å². The van der Waals surface area contributed by atoms with Crippen molar-refractivity contribution in [3.63, 3.8) is 0 Å². The highest BCUT2D eigenvalue weighted by atomic mass is 32.2. The van der Waals surface area contributed by atoms with Crippen LogP contribution in [0.15, 0.2) is 48.5 Å². The number of benzene rings is 2. The quantitative estimate of drug-likeness (QED) is 0.660. The van der Waals surface area contributed by atoms with Gasteiger partial charge in [0.2, 0.25) is 15.9 Å². The molecule has 1 N–H and O–H groups in total. The van der Waals surface area contributed by atoms with Crippen LogP contribution in [-0.4, -0.2) is 39.2 Å². The van der Waals surface area contributed by atoms with E-state index in [-0.39, 0.29) is 30.0 Å². The van der Waals surface area contributed by atoms with E-state index in [2.05, 4.69) is 5.32 Å². The van der Waals surface area contributed by atoms with Crippen LogP contribution in [-0.2, 0) is 19.6 Å². The Morgan fingerprint density at radius 1 is 1.10 bits per heavy atom. The molecule has 9 heteroatoms. The summed E-state index contributed by atoms with van der Waals surface area (Å²) in [5.74, 6) is -2.08. The van der Waals surface area contributed by atoms with Crippen molar-refractivity contribution in [2.45, 2.75) is 26.3 Å². The van der Waals surface area contributed by atoms with Gasteiger partial charge in [0.25, 0.3) is 0 Å². The molecule has 0 radical (unpaired) electrons. The second-order valence-corrected chi connectivity index (χ2v) is 8.05. The Kier molecular flexibility index (Phi) is 7.33. The average Bonchev–Trinajstić information content (AvgIpc) is 2.66. The molecule has 2 aromatic rings. The minimum Gasteiger partial charge on any atom is -0.462 e. The molecule has 0 aromatic heterocycles. The second kappa shape index (κ2) is 9.51. The lowest BCUT2D eigenvalue weighted by Gasteiger charge is -2.30. The number of ether oxygens (including phenoxy) is 1. The number of rotatable bonds is 8. The zero-order valence-electron chi connectivity index (χ0n) is 16.4. The average molecular weight is 422 g/mol. The molecule has 156 valence electrons. The van der Waals surface area contributed by atoms with E-state index in [9.17, 15) is 22.4 Å². The number of anilines is 2. The van der Waals surface area contributed by atoms with Crippen molar-refractivity contribution in [1.29, 1.82) is 0 Å². The van der Waals surface area contributed by atoms with Crippen LogP contribution in [0.1, 0.15) is 30.6 Å². The van der Waals surface area contributed by atoms with E-state index in [1.807, 2.05) is 0 Å². The van der Waals surface area contributed by atoms with Gasteiger partial charge in [0.1, 0.15) is 11.9 Å². The number of para-hydroxylation sites is 2. The zero-order chi connectivity index (χ0) is 21.6. The van der Waals surface area contributed by atoms with Crippen molar-refractivity contribution < 1.29 is 27.1 Å². The molecule has 0 bridgehead atoms. The first-order valence-corrected chi connectivity index (χ1v) is 10.9. The number of sulfonamides is 1. The fourth-order valence-corrected chi connectivity index (χ4v) is 4.07. The molecule has 0 aliphatic rings. The first-order valence-electron chi connectivity index (χ1n) is 9.01. The fourth-order valence-electron chi connectivity index (χ4n) is 2.86. The number of amides is 1. The SMILES string of the molecule is CCOC(=O)c1ccccc1NC(=O)C(CC)N(c1ccccc1F)S(C)(=O)=O. The molecule has 1 unspecified atom stereocenters. The third-order valence-corrected chi connectivity index (χ3v) is 5.27. The van der Waals surface area contributed by atoms with Crippen molar-refractivity contribution in [1.82, 2.24) is 0 Å². The molecule has 2 rings (SSSR count). The summed E-state index contributed by atoms with van der Waals surface area (Å²) in [7, 11) is -3.98. The maximum Gasteiger partial charge on any atom is 0.340 e. The van der Waals surface area contributed by atoms with Crippen molar-refractivity contribution in [2.24, 2.45) is 0 Å². The molecule has 0 saturated carbocycles. The van der Waals surface area contributed by atoms with Crippen LogP contribution in [0, 0.1) is 5.82 Å². The topological polar surface area (TPSA) is 92.8 Å². The van der Waals surface area contributed by atoms with Gasteiger partial charge in [-0.1, -0.05) is 31.2 Å². The molecule has 1 amide bonds. The van der Waals surface area contributed by atoms with Gasteiger partial charge in [0.15, 0.2) is 0 Å². The minimum atomic E-state index is -3.98. The first kappa shape index (κ1) is 22.4. The molecule has 0 fully saturated rings. The van der Waals surface area contributed by atoms with Crippen LogP contribution in [0.25, 0.3) is 0 Å². The van der Waals surface area contributed by atoms with E-state index in [0.717, 1.165) is 16.6 Å². The number of hydrogen-bond acceptors (Lipinski definition) is 5. The summed E-state index contributed by atoms with van der Waals surface area (Å²) in [4.78, 5) is 25.1. The van der Waals surface area contributed by atoms with Gasteiger partial charge in [-0.3, -0.25) is 9.10 Å². The highest BCUT2D eigenvalue weighted by Gasteiger charge is 2.33. The van der Waals surface area contributed by atoms with Crippen molar-refractivity contribution in [2.75, 3.05) is 22.5 Å². The molecule has 0 aliphatic heterocycles. The third-order valence-electron chi connectivity index (χ3n) is 4.10. The molecular weight excluding hydrogens is 399 g/mol. The van der Waals surface area contributed by atoms with Crippen LogP contribution in [0.2, 0.25) is 0 Å². The molecule has 0 aliphatic carbocycles. The van der Waals surface area contributed by atoms with Gasteiger partial charge < -0.3 is 10.1 Å². The van der Waals surface area contributed by atoms with Crippen molar-refractivity contribution >= 4 is 33.3 Å². The fraction of sp³-hybridized carbons (Fsp3) is 0.300. The molecule has 0 spiro atoms. The van der Waals surface area contributed by atoms with E-state index < -0.39 is 33.8 Å². The number of halogens is 1. The molecule has 0 heterocycles.